The molecule has 0 atom stereocenters. The zero-order chi connectivity index (χ0) is 31.9. The molecule has 0 saturated heterocycles. The minimum absolute atomic E-state index is 0.530. The van der Waals surface area contributed by atoms with Crippen molar-refractivity contribution in [3.63, 3.8) is 0 Å². The molecule has 9 aromatic rings. The Kier molecular flexibility index (Phi) is 6.83. The van der Waals surface area contributed by atoms with Crippen molar-refractivity contribution in [2.75, 3.05) is 0 Å². The SMILES string of the molecule is c1ccc(-c2ccc(-c3ccc4oc5cccc(Cc6nc(-c7ccccc7)nc(-c7cccc8ccccc78)n6)c5c4c3)cc2)cc1. The molecule has 0 aliphatic rings. The molecule has 48 heavy (non-hydrogen) atoms. The Labute approximate surface area is 278 Å². The summed E-state index contributed by atoms with van der Waals surface area (Å²) in [6.45, 7) is 0. The van der Waals surface area contributed by atoms with E-state index in [-0.39, 0.29) is 0 Å². The van der Waals surface area contributed by atoms with Gasteiger partial charge in [0.1, 0.15) is 17.0 Å². The summed E-state index contributed by atoms with van der Waals surface area (Å²) in [5.41, 5.74) is 9.48. The molecule has 0 spiro atoms. The van der Waals surface area contributed by atoms with E-state index in [0.717, 1.165) is 60.5 Å². The highest BCUT2D eigenvalue weighted by Crippen LogP contribution is 2.36. The number of fused-ring (bicyclic) bond motifs is 4. The van der Waals surface area contributed by atoms with Gasteiger partial charge < -0.3 is 4.42 Å². The summed E-state index contributed by atoms with van der Waals surface area (Å²) < 4.78 is 6.38. The fraction of sp³-hybridized carbons (Fsp3) is 0.0227. The number of hydrogen-bond donors (Lipinski definition) is 0. The number of rotatable bonds is 6. The number of benzene rings is 7. The summed E-state index contributed by atoms with van der Waals surface area (Å²) >= 11 is 0. The van der Waals surface area contributed by atoms with E-state index in [4.69, 9.17) is 19.4 Å². The van der Waals surface area contributed by atoms with Gasteiger partial charge in [0, 0.05) is 28.3 Å². The van der Waals surface area contributed by atoms with E-state index < -0.39 is 0 Å². The normalized spacial score (nSPS) is 11.4. The molecule has 0 N–H and O–H groups in total. The van der Waals surface area contributed by atoms with Gasteiger partial charge in [0.05, 0.1) is 0 Å². The van der Waals surface area contributed by atoms with Crippen LogP contribution in [-0.2, 0) is 6.42 Å². The topological polar surface area (TPSA) is 51.8 Å². The number of aromatic nitrogens is 3. The monoisotopic (exact) mass is 615 g/mol. The molecule has 2 heterocycles. The van der Waals surface area contributed by atoms with Crippen molar-refractivity contribution in [3.8, 4) is 45.0 Å². The highest BCUT2D eigenvalue weighted by molar-refractivity contribution is 6.08. The number of furan rings is 1. The Morgan fingerprint density at radius 1 is 0.417 bits per heavy atom. The fourth-order valence-electron chi connectivity index (χ4n) is 6.64. The minimum atomic E-state index is 0.530. The molecular weight excluding hydrogens is 587 g/mol. The zero-order valence-electron chi connectivity index (χ0n) is 26.0. The first-order chi connectivity index (χ1) is 23.8. The third-order valence-corrected chi connectivity index (χ3v) is 9.00. The Morgan fingerprint density at radius 2 is 1.04 bits per heavy atom. The van der Waals surface area contributed by atoms with Crippen molar-refractivity contribution >= 4 is 32.7 Å². The van der Waals surface area contributed by atoms with Gasteiger partial charge in [0.25, 0.3) is 0 Å². The van der Waals surface area contributed by atoms with Crippen LogP contribution in [0.25, 0.3) is 77.7 Å². The highest BCUT2D eigenvalue weighted by Gasteiger charge is 2.17. The van der Waals surface area contributed by atoms with Gasteiger partial charge in [0.15, 0.2) is 11.6 Å². The molecule has 0 aliphatic carbocycles. The highest BCUT2D eigenvalue weighted by atomic mass is 16.3. The second-order valence-corrected chi connectivity index (χ2v) is 12.0. The maximum Gasteiger partial charge on any atom is 0.164 e. The summed E-state index contributed by atoms with van der Waals surface area (Å²) in [5, 5.41) is 4.43. The maximum atomic E-state index is 6.38. The van der Waals surface area contributed by atoms with Crippen molar-refractivity contribution in [3.05, 3.63) is 175 Å². The standard InChI is InChI=1S/C44H29N3O/c1-3-11-29(12-4-1)30-21-23-31(24-22-30)34-25-26-39-38(27-34)42-35(17-10-20-40(42)48-39)28-41-45-43(33-14-5-2-6-15-33)47-44(46-41)37-19-9-16-32-13-7-8-18-36(32)37/h1-27H,28H2. The predicted octanol–water partition coefficient (Wildman–Crippen LogP) is 11.2. The Balaban J connectivity index is 1.15. The lowest BCUT2D eigenvalue weighted by Gasteiger charge is -2.11. The lowest BCUT2D eigenvalue weighted by Crippen LogP contribution is -2.04. The molecule has 0 aliphatic heterocycles. The van der Waals surface area contributed by atoms with Gasteiger partial charge in [-0.2, -0.15) is 0 Å². The first kappa shape index (κ1) is 27.9. The molecule has 2 aromatic heterocycles. The van der Waals surface area contributed by atoms with Gasteiger partial charge in [-0.15, -0.1) is 0 Å². The summed E-state index contributed by atoms with van der Waals surface area (Å²) in [4.78, 5) is 15.1. The van der Waals surface area contributed by atoms with Crippen molar-refractivity contribution in [2.45, 2.75) is 6.42 Å². The summed E-state index contributed by atoms with van der Waals surface area (Å²) in [5.74, 6) is 2.04. The lowest BCUT2D eigenvalue weighted by atomic mass is 9.98. The van der Waals surface area contributed by atoms with E-state index in [1.54, 1.807) is 0 Å². The van der Waals surface area contributed by atoms with Crippen LogP contribution in [-0.4, -0.2) is 15.0 Å². The van der Waals surface area contributed by atoms with Crippen molar-refractivity contribution in [1.82, 2.24) is 15.0 Å². The Hall–Kier alpha value is -6.39. The van der Waals surface area contributed by atoms with Crippen molar-refractivity contribution in [1.29, 1.82) is 0 Å². The molecule has 0 radical (unpaired) electrons. The van der Waals surface area contributed by atoms with Gasteiger partial charge in [0.2, 0.25) is 0 Å². The molecule has 0 fully saturated rings. The van der Waals surface area contributed by atoms with Gasteiger partial charge in [-0.3, -0.25) is 0 Å². The third kappa shape index (κ3) is 5.10. The summed E-state index contributed by atoms with van der Waals surface area (Å²) in [6, 6.07) is 56.7. The van der Waals surface area contributed by atoms with Gasteiger partial charge in [-0.1, -0.05) is 146 Å². The Bertz CT molecular complexity index is 2570. The van der Waals surface area contributed by atoms with E-state index in [2.05, 4.69) is 115 Å². The van der Waals surface area contributed by atoms with E-state index in [1.165, 1.54) is 11.1 Å². The molecule has 0 amide bonds. The summed E-state index contributed by atoms with van der Waals surface area (Å²) in [6.07, 6.45) is 0.530. The quantitative estimate of drug-likeness (QED) is 0.187. The van der Waals surface area contributed by atoms with E-state index in [1.807, 2.05) is 48.5 Å². The van der Waals surface area contributed by atoms with Crippen LogP contribution < -0.4 is 0 Å². The average molecular weight is 616 g/mol. The van der Waals surface area contributed by atoms with Crippen LogP contribution in [0, 0.1) is 0 Å². The van der Waals surface area contributed by atoms with Gasteiger partial charge >= 0.3 is 0 Å². The smallest absolute Gasteiger partial charge is 0.164 e. The second-order valence-electron chi connectivity index (χ2n) is 12.0. The van der Waals surface area contributed by atoms with E-state index in [0.29, 0.717) is 23.9 Å². The largest absolute Gasteiger partial charge is 0.456 e. The zero-order valence-corrected chi connectivity index (χ0v) is 26.0. The molecule has 7 aromatic carbocycles. The number of nitrogens with zero attached hydrogens (tertiary/aromatic N) is 3. The average Bonchev–Trinajstić information content (AvgIpc) is 3.54. The number of hydrogen-bond acceptors (Lipinski definition) is 4. The molecule has 0 unspecified atom stereocenters. The molecule has 4 heteroatoms. The predicted molar refractivity (Wildman–Crippen MR) is 196 cm³/mol. The maximum absolute atomic E-state index is 6.38. The van der Waals surface area contributed by atoms with Crippen LogP contribution in [0.4, 0.5) is 0 Å². The van der Waals surface area contributed by atoms with E-state index >= 15 is 0 Å². The van der Waals surface area contributed by atoms with Crippen molar-refractivity contribution < 1.29 is 4.42 Å². The van der Waals surface area contributed by atoms with Crippen LogP contribution in [0.15, 0.2) is 168 Å². The van der Waals surface area contributed by atoms with Gasteiger partial charge in [-0.25, -0.2) is 15.0 Å². The van der Waals surface area contributed by atoms with Crippen LogP contribution >= 0.6 is 0 Å². The lowest BCUT2D eigenvalue weighted by molar-refractivity contribution is 0.668. The molecule has 0 saturated carbocycles. The first-order valence-electron chi connectivity index (χ1n) is 16.2. The second kappa shape index (κ2) is 11.8. The van der Waals surface area contributed by atoms with E-state index in [9.17, 15) is 0 Å². The summed E-state index contributed by atoms with van der Waals surface area (Å²) in [7, 11) is 0. The molecule has 0 bridgehead atoms. The van der Waals surface area contributed by atoms with Crippen LogP contribution in [0.5, 0.6) is 0 Å². The van der Waals surface area contributed by atoms with Crippen LogP contribution in [0.2, 0.25) is 0 Å². The minimum Gasteiger partial charge on any atom is -0.456 e. The van der Waals surface area contributed by atoms with Crippen LogP contribution in [0.1, 0.15) is 11.4 Å². The van der Waals surface area contributed by atoms with Gasteiger partial charge in [-0.05, 0) is 56.8 Å². The molecular formula is C44H29N3O. The molecule has 4 nitrogen and oxygen atoms in total. The fourth-order valence-corrected chi connectivity index (χ4v) is 6.64. The first-order valence-corrected chi connectivity index (χ1v) is 16.2. The van der Waals surface area contributed by atoms with Crippen LogP contribution in [0.3, 0.4) is 0 Å². The van der Waals surface area contributed by atoms with Crippen molar-refractivity contribution in [2.24, 2.45) is 0 Å². The Morgan fingerprint density at radius 3 is 1.85 bits per heavy atom. The molecule has 226 valence electrons. The third-order valence-electron chi connectivity index (χ3n) is 9.00. The molecule has 9 rings (SSSR count).